The smallest absolute Gasteiger partial charge is 0.323 e. The maximum atomic E-state index is 12.3. The van der Waals surface area contributed by atoms with Crippen molar-refractivity contribution in [3.63, 3.8) is 0 Å². The van der Waals surface area contributed by atoms with Crippen LogP contribution in [0, 0.1) is 5.92 Å². The Morgan fingerprint density at radius 1 is 1.17 bits per heavy atom. The van der Waals surface area contributed by atoms with E-state index in [1.807, 2.05) is 18.2 Å². The summed E-state index contributed by atoms with van der Waals surface area (Å²) in [7, 11) is 0. The van der Waals surface area contributed by atoms with E-state index in [1.54, 1.807) is 12.1 Å². The minimum atomic E-state index is -0.981. The van der Waals surface area contributed by atoms with Crippen molar-refractivity contribution in [2.75, 3.05) is 11.4 Å². The van der Waals surface area contributed by atoms with Crippen molar-refractivity contribution in [2.24, 2.45) is 5.92 Å². The van der Waals surface area contributed by atoms with Crippen LogP contribution in [0.3, 0.4) is 0 Å². The Hall–Kier alpha value is -1.84. The second kappa shape index (κ2) is 5.67. The molecule has 1 N–H and O–H groups in total. The monoisotopic (exact) mass is 247 g/mol. The van der Waals surface area contributed by atoms with Crippen LogP contribution in [0.1, 0.15) is 25.7 Å². The zero-order valence-corrected chi connectivity index (χ0v) is 10.2. The highest BCUT2D eigenvalue weighted by atomic mass is 16.4. The zero-order valence-electron chi connectivity index (χ0n) is 10.2. The summed E-state index contributed by atoms with van der Waals surface area (Å²) in [6, 6.07) is 9.02. The van der Waals surface area contributed by atoms with Gasteiger partial charge >= 0.3 is 5.97 Å². The Labute approximate surface area is 106 Å². The van der Waals surface area contributed by atoms with Crippen LogP contribution in [-0.4, -0.2) is 23.5 Å². The van der Waals surface area contributed by atoms with E-state index in [9.17, 15) is 9.59 Å². The molecule has 4 heteroatoms. The van der Waals surface area contributed by atoms with Crippen molar-refractivity contribution in [3.05, 3.63) is 30.3 Å². The lowest BCUT2D eigenvalue weighted by molar-refractivity contribution is -0.137. The maximum absolute atomic E-state index is 12.3. The van der Waals surface area contributed by atoms with Crippen LogP contribution in [0.5, 0.6) is 0 Å². The second-order valence-corrected chi connectivity index (χ2v) is 4.64. The topological polar surface area (TPSA) is 57.6 Å². The number of amides is 1. The molecule has 0 radical (unpaired) electrons. The highest BCUT2D eigenvalue weighted by Crippen LogP contribution is 2.28. The van der Waals surface area contributed by atoms with Crippen LogP contribution in [-0.2, 0) is 9.59 Å². The van der Waals surface area contributed by atoms with E-state index >= 15 is 0 Å². The number of carboxylic acids is 1. The number of anilines is 1. The third-order valence-corrected chi connectivity index (χ3v) is 3.33. The van der Waals surface area contributed by atoms with Crippen molar-refractivity contribution in [1.29, 1.82) is 0 Å². The van der Waals surface area contributed by atoms with Gasteiger partial charge in [0.1, 0.15) is 6.54 Å². The highest BCUT2D eigenvalue weighted by Gasteiger charge is 2.29. The molecule has 96 valence electrons. The first-order chi connectivity index (χ1) is 8.68. The second-order valence-electron chi connectivity index (χ2n) is 4.64. The predicted octanol–water partition coefficient (Wildman–Crippen LogP) is 2.29. The molecule has 1 amide bonds. The molecule has 4 nitrogen and oxygen atoms in total. The van der Waals surface area contributed by atoms with Gasteiger partial charge in [0.25, 0.3) is 0 Å². The fraction of sp³-hybridized carbons (Fsp3) is 0.429. The van der Waals surface area contributed by atoms with E-state index in [-0.39, 0.29) is 18.4 Å². The number of benzene rings is 1. The van der Waals surface area contributed by atoms with Gasteiger partial charge < -0.3 is 10.0 Å². The van der Waals surface area contributed by atoms with Crippen LogP contribution in [0.4, 0.5) is 5.69 Å². The summed E-state index contributed by atoms with van der Waals surface area (Å²) in [5.74, 6) is -1.05. The standard InChI is InChI=1S/C14H17NO3/c16-13(17)10-15(12-8-2-1-3-9-12)14(18)11-6-4-5-7-11/h1-3,8-9,11H,4-7,10H2,(H,16,17). The average Bonchev–Trinajstić information content (AvgIpc) is 2.90. The van der Waals surface area contributed by atoms with Crippen LogP contribution < -0.4 is 4.90 Å². The SMILES string of the molecule is O=C(O)CN(C(=O)C1CCCC1)c1ccccc1. The molecular weight excluding hydrogens is 230 g/mol. The molecule has 1 aromatic carbocycles. The normalized spacial score (nSPS) is 15.6. The van der Waals surface area contributed by atoms with E-state index in [0.717, 1.165) is 25.7 Å². The Bertz CT molecular complexity index is 424. The number of para-hydroxylation sites is 1. The maximum Gasteiger partial charge on any atom is 0.323 e. The molecule has 0 bridgehead atoms. The van der Waals surface area contributed by atoms with Crippen molar-refractivity contribution >= 4 is 17.6 Å². The number of nitrogens with zero attached hydrogens (tertiary/aromatic N) is 1. The largest absolute Gasteiger partial charge is 0.480 e. The number of carboxylic acid groups (broad SMARTS) is 1. The summed E-state index contributed by atoms with van der Waals surface area (Å²) in [5.41, 5.74) is 0.664. The fourth-order valence-electron chi connectivity index (χ4n) is 2.43. The van der Waals surface area contributed by atoms with Crippen LogP contribution >= 0.6 is 0 Å². The van der Waals surface area contributed by atoms with E-state index in [0.29, 0.717) is 5.69 Å². The van der Waals surface area contributed by atoms with Gasteiger partial charge in [0, 0.05) is 11.6 Å². The van der Waals surface area contributed by atoms with E-state index in [4.69, 9.17) is 5.11 Å². The Balaban J connectivity index is 2.19. The fourth-order valence-corrected chi connectivity index (χ4v) is 2.43. The average molecular weight is 247 g/mol. The molecule has 1 aliphatic carbocycles. The third-order valence-electron chi connectivity index (χ3n) is 3.33. The molecule has 1 saturated carbocycles. The molecule has 0 spiro atoms. The third kappa shape index (κ3) is 2.88. The van der Waals surface area contributed by atoms with E-state index < -0.39 is 5.97 Å². The van der Waals surface area contributed by atoms with Gasteiger partial charge in [0.15, 0.2) is 0 Å². The minimum Gasteiger partial charge on any atom is -0.480 e. The first-order valence-corrected chi connectivity index (χ1v) is 6.26. The van der Waals surface area contributed by atoms with Crippen molar-refractivity contribution < 1.29 is 14.7 Å². The number of carbonyl (C=O) groups is 2. The van der Waals surface area contributed by atoms with Gasteiger partial charge in [0.2, 0.25) is 5.91 Å². The molecule has 0 saturated heterocycles. The minimum absolute atomic E-state index is 0.00967. The predicted molar refractivity (Wildman–Crippen MR) is 68.4 cm³/mol. The number of carbonyl (C=O) groups excluding carboxylic acids is 1. The molecule has 2 rings (SSSR count). The van der Waals surface area contributed by atoms with E-state index in [1.165, 1.54) is 4.90 Å². The van der Waals surface area contributed by atoms with Crippen LogP contribution in [0.15, 0.2) is 30.3 Å². The molecule has 0 unspecified atom stereocenters. The molecule has 0 heterocycles. The lowest BCUT2D eigenvalue weighted by Crippen LogP contribution is -2.39. The summed E-state index contributed by atoms with van der Waals surface area (Å²) in [5, 5.41) is 8.94. The first-order valence-electron chi connectivity index (χ1n) is 6.26. The first kappa shape index (κ1) is 12.6. The van der Waals surface area contributed by atoms with Crippen molar-refractivity contribution in [2.45, 2.75) is 25.7 Å². The number of hydrogen-bond acceptors (Lipinski definition) is 2. The molecule has 1 aliphatic rings. The molecule has 0 aliphatic heterocycles. The van der Waals surface area contributed by atoms with Gasteiger partial charge in [-0.15, -0.1) is 0 Å². The zero-order chi connectivity index (χ0) is 13.0. The molecule has 1 fully saturated rings. The quantitative estimate of drug-likeness (QED) is 0.888. The summed E-state index contributed by atoms with van der Waals surface area (Å²) >= 11 is 0. The number of rotatable bonds is 4. The highest BCUT2D eigenvalue weighted by molar-refractivity contribution is 5.98. The van der Waals surface area contributed by atoms with Gasteiger partial charge in [-0.2, -0.15) is 0 Å². The van der Waals surface area contributed by atoms with Crippen LogP contribution in [0.25, 0.3) is 0 Å². The summed E-state index contributed by atoms with van der Waals surface area (Å²) in [6.45, 7) is -0.265. The van der Waals surface area contributed by atoms with Crippen LogP contribution in [0.2, 0.25) is 0 Å². The Morgan fingerprint density at radius 3 is 2.33 bits per heavy atom. The van der Waals surface area contributed by atoms with Crippen molar-refractivity contribution in [1.82, 2.24) is 0 Å². The van der Waals surface area contributed by atoms with Gasteiger partial charge in [-0.3, -0.25) is 9.59 Å². The number of hydrogen-bond donors (Lipinski definition) is 1. The molecule has 0 atom stereocenters. The summed E-state index contributed by atoms with van der Waals surface area (Å²) in [6.07, 6.45) is 3.88. The molecule has 1 aromatic rings. The van der Waals surface area contributed by atoms with Gasteiger partial charge in [-0.1, -0.05) is 31.0 Å². The van der Waals surface area contributed by atoms with Crippen molar-refractivity contribution in [3.8, 4) is 0 Å². The number of aliphatic carboxylic acids is 1. The lowest BCUT2D eigenvalue weighted by Gasteiger charge is -2.24. The van der Waals surface area contributed by atoms with Gasteiger partial charge in [-0.25, -0.2) is 0 Å². The summed E-state index contributed by atoms with van der Waals surface area (Å²) < 4.78 is 0. The molecule has 18 heavy (non-hydrogen) atoms. The molecular formula is C14H17NO3. The summed E-state index contributed by atoms with van der Waals surface area (Å²) in [4.78, 5) is 24.6. The van der Waals surface area contributed by atoms with Gasteiger partial charge in [0.05, 0.1) is 0 Å². The Kier molecular flexibility index (Phi) is 3.97. The lowest BCUT2D eigenvalue weighted by atomic mass is 10.1. The Morgan fingerprint density at radius 2 is 1.78 bits per heavy atom. The van der Waals surface area contributed by atoms with Gasteiger partial charge in [-0.05, 0) is 25.0 Å². The van der Waals surface area contributed by atoms with E-state index in [2.05, 4.69) is 0 Å². The molecule has 0 aromatic heterocycles.